The van der Waals surface area contributed by atoms with Crippen LogP contribution >= 0.6 is 0 Å². The van der Waals surface area contributed by atoms with Gasteiger partial charge in [-0.05, 0) is 24.6 Å². The summed E-state index contributed by atoms with van der Waals surface area (Å²) in [5.74, 6) is -0.154. The minimum atomic E-state index is -1.70. The van der Waals surface area contributed by atoms with Gasteiger partial charge in [-0.15, -0.1) is 0 Å². The van der Waals surface area contributed by atoms with Gasteiger partial charge in [0.1, 0.15) is 18.3 Å². The Bertz CT molecular complexity index is 1160. The van der Waals surface area contributed by atoms with Crippen LogP contribution in [0, 0.1) is 18.3 Å². The van der Waals surface area contributed by atoms with Gasteiger partial charge in [-0.3, -0.25) is 9.78 Å². The molecule has 2 heterocycles. The van der Waals surface area contributed by atoms with Crippen LogP contribution in [0.15, 0.2) is 21.7 Å². The van der Waals surface area contributed by atoms with E-state index >= 15 is 0 Å². The molecule has 5 N–H and O–H groups in total. The molecular weight excluding hydrogens is 370 g/mol. The van der Waals surface area contributed by atoms with E-state index in [-0.39, 0.29) is 17.0 Å². The lowest BCUT2D eigenvalue weighted by Gasteiger charge is -2.25. The average molecular weight is 387 g/mol. The number of nitrogens with zero attached hydrogens (tertiary/aromatic N) is 4. The average Bonchev–Trinajstić information content (AvgIpc) is 2.66. The number of H-pyrrole nitrogens is 1. The van der Waals surface area contributed by atoms with Crippen molar-refractivity contribution in [2.75, 3.05) is 6.61 Å². The van der Waals surface area contributed by atoms with Crippen LogP contribution in [0.1, 0.15) is 11.1 Å². The van der Waals surface area contributed by atoms with E-state index in [1.165, 1.54) is 10.6 Å². The lowest BCUT2D eigenvalue weighted by atomic mass is 10.1. The molecule has 0 saturated carbocycles. The van der Waals surface area contributed by atoms with E-state index < -0.39 is 42.7 Å². The van der Waals surface area contributed by atoms with Crippen molar-refractivity contribution in [2.24, 2.45) is 0 Å². The molecule has 2 aliphatic heterocycles. The zero-order valence-corrected chi connectivity index (χ0v) is 14.7. The largest absolute Gasteiger partial charge is 0.394 e. The molecule has 0 spiro atoms. The van der Waals surface area contributed by atoms with Gasteiger partial charge in [0, 0.05) is 0 Å². The summed E-state index contributed by atoms with van der Waals surface area (Å²) in [5, 5.41) is 48.1. The maximum Gasteiger partial charge on any atom is 0.349 e. The molecule has 0 bridgehead atoms. The second-order valence-corrected chi connectivity index (χ2v) is 6.34. The molecule has 0 unspecified atom stereocenters. The van der Waals surface area contributed by atoms with Gasteiger partial charge in [-0.25, -0.2) is 9.78 Å². The molecule has 0 aromatic heterocycles. The summed E-state index contributed by atoms with van der Waals surface area (Å²) in [6, 6.07) is 5.05. The van der Waals surface area contributed by atoms with Crippen LogP contribution in [0.5, 0.6) is 0 Å². The SMILES string of the molecule is Cc1cc2nc3c(=O)[nH]c(=O)nc-3n(C[C@H](O)[C@H](O)[C@H](O)CO)c2cc1C#N. The number of benzene rings is 1. The molecular formula is C17H17N5O6. The topological polar surface area (TPSA) is 185 Å². The zero-order valence-electron chi connectivity index (χ0n) is 14.7. The molecule has 0 fully saturated rings. The van der Waals surface area contributed by atoms with E-state index in [1.807, 2.05) is 11.1 Å². The summed E-state index contributed by atoms with van der Waals surface area (Å²) in [7, 11) is 0. The van der Waals surface area contributed by atoms with Gasteiger partial charge in [0.2, 0.25) is 0 Å². The molecule has 11 nitrogen and oxygen atoms in total. The lowest BCUT2D eigenvalue weighted by molar-refractivity contribution is -0.0802. The zero-order chi connectivity index (χ0) is 20.6. The molecule has 146 valence electrons. The molecule has 11 heteroatoms. The van der Waals surface area contributed by atoms with Gasteiger partial charge in [0.25, 0.3) is 5.56 Å². The normalized spacial score (nSPS) is 14.7. The smallest absolute Gasteiger partial charge is 0.349 e. The first-order valence-electron chi connectivity index (χ1n) is 8.27. The van der Waals surface area contributed by atoms with Crippen molar-refractivity contribution in [2.45, 2.75) is 31.8 Å². The minimum Gasteiger partial charge on any atom is -0.394 e. The number of hydrogen-bond acceptors (Lipinski definition) is 9. The molecule has 1 aromatic carbocycles. The van der Waals surface area contributed by atoms with Crippen molar-refractivity contribution in [1.82, 2.24) is 19.5 Å². The highest BCUT2D eigenvalue weighted by Crippen LogP contribution is 2.24. The number of aliphatic hydroxyl groups excluding tert-OH is 4. The fourth-order valence-electron chi connectivity index (χ4n) is 2.91. The van der Waals surface area contributed by atoms with E-state index in [2.05, 4.69) is 9.97 Å². The summed E-state index contributed by atoms with van der Waals surface area (Å²) >= 11 is 0. The van der Waals surface area contributed by atoms with E-state index in [4.69, 9.17) is 5.11 Å². The fraction of sp³-hybridized carbons (Fsp3) is 0.353. The highest BCUT2D eigenvalue weighted by Gasteiger charge is 2.27. The van der Waals surface area contributed by atoms with Crippen LogP contribution in [0.2, 0.25) is 0 Å². The second kappa shape index (κ2) is 7.45. The quantitative estimate of drug-likeness (QED) is 0.304. The number of nitriles is 1. The highest BCUT2D eigenvalue weighted by atomic mass is 16.4. The van der Waals surface area contributed by atoms with Crippen LogP contribution < -0.4 is 11.2 Å². The Kier molecular flexibility index (Phi) is 5.21. The molecule has 1 aromatic rings. The predicted octanol–water partition coefficient (Wildman–Crippen LogP) is -2.16. The Hall–Kier alpha value is -3.17. The van der Waals surface area contributed by atoms with Gasteiger partial charge < -0.3 is 25.0 Å². The standard InChI is InChI=1S/C17H17N5O6/c1-7-2-9-10(3-8(7)4-18)22(5-11(24)14(26)12(25)6-23)15-13(19-9)16(27)21-17(28)20-15/h2-3,11-12,14,23-26H,5-6H2,1H3,(H,21,27,28)/t11-,12+,14-/m0/s1. The Morgan fingerprint density at radius 3 is 2.57 bits per heavy atom. The maximum atomic E-state index is 12.2. The number of hydrogen-bond donors (Lipinski definition) is 5. The van der Waals surface area contributed by atoms with E-state index in [0.717, 1.165) is 0 Å². The molecule has 0 aliphatic carbocycles. The Morgan fingerprint density at radius 2 is 1.93 bits per heavy atom. The van der Waals surface area contributed by atoms with Crippen molar-refractivity contribution in [3.05, 3.63) is 44.1 Å². The van der Waals surface area contributed by atoms with Gasteiger partial charge in [0.05, 0.1) is 35.8 Å². The Balaban J connectivity index is 2.31. The van der Waals surface area contributed by atoms with Crippen LogP contribution in [-0.4, -0.2) is 64.9 Å². The first-order valence-corrected chi connectivity index (χ1v) is 8.27. The highest BCUT2D eigenvalue weighted by molar-refractivity contribution is 5.81. The van der Waals surface area contributed by atoms with Crippen molar-refractivity contribution in [3.8, 4) is 17.6 Å². The third kappa shape index (κ3) is 3.37. The summed E-state index contributed by atoms with van der Waals surface area (Å²) in [5.41, 5.74) is -0.366. The van der Waals surface area contributed by atoms with Gasteiger partial charge in [0.15, 0.2) is 11.5 Å². The van der Waals surface area contributed by atoms with Crippen LogP contribution in [0.3, 0.4) is 0 Å². The number of nitrogens with one attached hydrogen (secondary N) is 1. The monoisotopic (exact) mass is 387 g/mol. The molecule has 3 rings (SSSR count). The molecule has 2 aliphatic rings. The summed E-state index contributed by atoms with van der Waals surface area (Å²) in [6.07, 6.45) is -4.88. The molecule has 28 heavy (non-hydrogen) atoms. The number of aromatic nitrogens is 4. The van der Waals surface area contributed by atoms with Crippen LogP contribution in [0.25, 0.3) is 22.6 Å². The van der Waals surface area contributed by atoms with Gasteiger partial charge in [-0.1, -0.05) is 0 Å². The van der Waals surface area contributed by atoms with E-state index in [0.29, 0.717) is 16.6 Å². The summed E-state index contributed by atoms with van der Waals surface area (Å²) < 4.78 is 1.27. The van der Waals surface area contributed by atoms with Gasteiger partial charge >= 0.3 is 5.69 Å². The molecule has 0 radical (unpaired) electrons. The Morgan fingerprint density at radius 1 is 1.21 bits per heavy atom. The molecule has 0 saturated heterocycles. The van der Waals surface area contributed by atoms with Crippen LogP contribution in [0.4, 0.5) is 0 Å². The fourth-order valence-corrected chi connectivity index (χ4v) is 2.91. The number of aromatic amines is 1. The predicted molar refractivity (Wildman–Crippen MR) is 95.6 cm³/mol. The minimum absolute atomic E-state index is 0.154. The van der Waals surface area contributed by atoms with E-state index in [9.17, 15) is 30.2 Å². The van der Waals surface area contributed by atoms with Crippen LogP contribution in [-0.2, 0) is 6.54 Å². The van der Waals surface area contributed by atoms with Crippen molar-refractivity contribution < 1.29 is 20.4 Å². The first-order chi connectivity index (χ1) is 13.3. The number of aryl methyl sites for hydroxylation is 1. The third-order valence-corrected chi connectivity index (χ3v) is 4.42. The van der Waals surface area contributed by atoms with Gasteiger partial charge in [-0.2, -0.15) is 10.2 Å². The van der Waals surface area contributed by atoms with E-state index in [1.54, 1.807) is 13.0 Å². The summed E-state index contributed by atoms with van der Waals surface area (Å²) in [4.78, 5) is 33.8. The Labute approximate surface area is 157 Å². The number of rotatable bonds is 5. The first kappa shape index (κ1) is 19.6. The van der Waals surface area contributed by atoms with Crippen molar-refractivity contribution >= 4 is 11.0 Å². The second-order valence-electron chi connectivity index (χ2n) is 6.34. The van der Waals surface area contributed by atoms with Crippen molar-refractivity contribution in [1.29, 1.82) is 5.26 Å². The van der Waals surface area contributed by atoms with Crippen molar-refractivity contribution in [3.63, 3.8) is 0 Å². The molecule has 3 atom stereocenters. The number of fused-ring (bicyclic) bond motifs is 2. The maximum absolute atomic E-state index is 12.2. The lowest BCUT2D eigenvalue weighted by Crippen LogP contribution is -2.42. The number of aliphatic hydroxyl groups is 4. The summed E-state index contributed by atoms with van der Waals surface area (Å²) in [6.45, 7) is 0.520. The third-order valence-electron chi connectivity index (χ3n) is 4.42. The molecule has 0 amide bonds.